The first kappa shape index (κ1) is 9.09. The number of hydrogen-bond donors (Lipinski definition) is 1. The number of aliphatic hydroxyl groups is 1. The van der Waals surface area contributed by atoms with E-state index in [1.54, 1.807) is 0 Å². The van der Waals surface area contributed by atoms with Gasteiger partial charge in [0.15, 0.2) is 0 Å². The molecule has 0 saturated carbocycles. The second kappa shape index (κ2) is 4.13. The molecule has 64 valence electrons. The van der Waals surface area contributed by atoms with Gasteiger partial charge in [0.05, 0.1) is 0 Å². The van der Waals surface area contributed by atoms with Crippen molar-refractivity contribution in [1.82, 2.24) is 0 Å². The summed E-state index contributed by atoms with van der Waals surface area (Å²) >= 11 is 0. The molecule has 0 aromatic heterocycles. The Labute approximate surface area is 73.8 Å². The number of allylic oxidation sites excluding steroid dienone is 3. The Bertz CT molecular complexity index is 253. The first-order valence-corrected chi connectivity index (χ1v) is 4.25. The highest BCUT2D eigenvalue weighted by Gasteiger charge is 2.05. The number of terminal acetylenes is 1. The van der Waals surface area contributed by atoms with Crippen molar-refractivity contribution in [3.8, 4) is 12.3 Å². The summed E-state index contributed by atoms with van der Waals surface area (Å²) in [6.07, 6.45) is 12.1. The zero-order chi connectivity index (χ0) is 8.97. The van der Waals surface area contributed by atoms with Gasteiger partial charge in [-0.05, 0) is 31.8 Å². The molecule has 1 N–H and O–H groups in total. The third-order valence-electron chi connectivity index (χ3n) is 2.08. The lowest BCUT2D eigenvalue weighted by Crippen LogP contribution is -2.03. The molecule has 1 nitrogen and oxygen atoms in total. The molecule has 0 fully saturated rings. The van der Waals surface area contributed by atoms with Gasteiger partial charge in [0.2, 0.25) is 0 Å². The van der Waals surface area contributed by atoms with Crippen LogP contribution in [0.15, 0.2) is 23.3 Å². The average molecular weight is 162 g/mol. The van der Waals surface area contributed by atoms with E-state index in [2.05, 4.69) is 12.0 Å². The van der Waals surface area contributed by atoms with Gasteiger partial charge in [0.1, 0.15) is 6.10 Å². The quantitative estimate of drug-likeness (QED) is 0.616. The number of rotatable bonds is 2. The second-order valence-electron chi connectivity index (χ2n) is 3.13. The van der Waals surface area contributed by atoms with Crippen LogP contribution < -0.4 is 0 Å². The average Bonchev–Trinajstić information content (AvgIpc) is 2.55. The van der Waals surface area contributed by atoms with Crippen molar-refractivity contribution in [3.05, 3.63) is 23.3 Å². The molecule has 1 aliphatic rings. The van der Waals surface area contributed by atoms with E-state index < -0.39 is 6.10 Å². The van der Waals surface area contributed by atoms with E-state index in [0.29, 0.717) is 0 Å². The van der Waals surface area contributed by atoms with Crippen LogP contribution in [0.5, 0.6) is 0 Å². The number of hydrogen-bond acceptors (Lipinski definition) is 1. The van der Waals surface area contributed by atoms with Gasteiger partial charge < -0.3 is 5.11 Å². The Kier molecular flexibility index (Phi) is 3.13. The smallest absolute Gasteiger partial charge is 0.136 e. The van der Waals surface area contributed by atoms with E-state index in [0.717, 1.165) is 18.4 Å². The molecule has 0 spiro atoms. The van der Waals surface area contributed by atoms with Crippen LogP contribution in [0, 0.1) is 12.3 Å². The van der Waals surface area contributed by atoms with Crippen molar-refractivity contribution < 1.29 is 5.11 Å². The van der Waals surface area contributed by atoms with E-state index in [9.17, 15) is 5.11 Å². The lowest BCUT2D eigenvalue weighted by molar-refractivity contribution is 0.268. The lowest BCUT2D eigenvalue weighted by atomic mass is 10.1. The Morgan fingerprint density at radius 1 is 1.83 bits per heavy atom. The fraction of sp³-hybridized carbons (Fsp3) is 0.455. The predicted octanol–water partition coefficient (Wildman–Crippen LogP) is 2.04. The van der Waals surface area contributed by atoms with Gasteiger partial charge in [-0.15, -0.1) is 6.42 Å². The van der Waals surface area contributed by atoms with Gasteiger partial charge >= 0.3 is 0 Å². The summed E-state index contributed by atoms with van der Waals surface area (Å²) < 4.78 is 0. The second-order valence-corrected chi connectivity index (χ2v) is 3.13. The van der Waals surface area contributed by atoms with E-state index in [4.69, 9.17) is 6.42 Å². The molecule has 0 bridgehead atoms. The Morgan fingerprint density at radius 2 is 2.58 bits per heavy atom. The minimum Gasteiger partial charge on any atom is -0.376 e. The number of aliphatic hydroxyl groups excluding tert-OH is 1. The molecule has 0 amide bonds. The molecule has 12 heavy (non-hydrogen) atoms. The zero-order valence-corrected chi connectivity index (χ0v) is 7.38. The Morgan fingerprint density at radius 3 is 3.08 bits per heavy atom. The standard InChI is InChI=1S/C11H14O/c1-3-11(12)9(2)8-10-6-4-5-7-10/h1,6,8,11-12H,4-5,7H2,2H3. The fourth-order valence-corrected chi connectivity index (χ4v) is 1.33. The van der Waals surface area contributed by atoms with Crippen molar-refractivity contribution in [2.75, 3.05) is 0 Å². The summed E-state index contributed by atoms with van der Waals surface area (Å²) in [6, 6.07) is 0. The van der Waals surface area contributed by atoms with Gasteiger partial charge in [-0.25, -0.2) is 0 Å². The van der Waals surface area contributed by atoms with Gasteiger partial charge in [-0.1, -0.05) is 23.6 Å². The summed E-state index contributed by atoms with van der Waals surface area (Å²) in [6.45, 7) is 1.86. The third kappa shape index (κ3) is 2.25. The van der Waals surface area contributed by atoms with E-state index >= 15 is 0 Å². The van der Waals surface area contributed by atoms with Crippen molar-refractivity contribution >= 4 is 0 Å². The van der Waals surface area contributed by atoms with Crippen LogP contribution in [-0.2, 0) is 0 Å². The molecular formula is C11H14O. The van der Waals surface area contributed by atoms with Crippen LogP contribution in [-0.4, -0.2) is 11.2 Å². The van der Waals surface area contributed by atoms with Crippen molar-refractivity contribution in [2.24, 2.45) is 0 Å². The highest BCUT2D eigenvalue weighted by Crippen LogP contribution is 2.20. The molecule has 1 heteroatoms. The van der Waals surface area contributed by atoms with Gasteiger partial charge in [0, 0.05) is 0 Å². The maximum absolute atomic E-state index is 9.26. The van der Waals surface area contributed by atoms with Crippen molar-refractivity contribution in [1.29, 1.82) is 0 Å². The fourth-order valence-electron chi connectivity index (χ4n) is 1.33. The minimum atomic E-state index is -0.716. The van der Waals surface area contributed by atoms with Crippen LogP contribution in [0.2, 0.25) is 0 Å². The normalized spacial score (nSPS) is 20.1. The van der Waals surface area contributed by atoms with Crippen LogP contribution in [0.25, 0.3) is 0 Å². The summed E-state index contributed by atoms with van der Waals surface area (Å²) in [5.74, 6) is 2.30. The predicted molar refractivity (Wildman–Crippen MR) is 50.5 cm³/mol. The van der Waals surface area contributed by atoms with Crippen LogP contribution in [0.4, 0.5) is 0 Å². The SMILES string of the molecule is C#CC(O)C(C)=CC1=CCCC1. The van der Waals surface area contributed by atoms with E-state index in [-0.39, 0.29) is 0 Å². The molecule has 1 atom stereocenters. The molecule has 0 aliphatic heterocycles. The summed E-state index contributed by atoms with van der Waals surface area (Å²) in [5, 5.41) is 9.26. The Balaban J connectivity index is 2.62. The zero-order valence-electron chi connectivity index (χ0n) is 7.38. The van der Waals surface area contributed by atoms with Crippen molar-refractivity contribution in [2.45, 2.75) is 32.3 Å². The molecule has 1 rings (SSSR count). The highest BCUT2D eigenvalue weighted by molar-refractivity contribution is 5.29. The van der Waals surface area contributed by atoms with E-state index in [1.165, 1.54) is 12.0 Å². The van der Waals surface area contributed by atoms with Gasteiger partial charge in [-0.2, -0.15) is 0 Å². The highest BCUT2D eigenvalue weighted by atomic mass is 16.3. The monoisotopic (exact) mass is 162 g/mol. The van der Waals surface area contributed by atoms with Gasteiger partial charge in [-0.3, -0.25) is 0 Å². The van der Waals surface area contributed by atoms with E-state index in [1.807, 2.05) is 13.0 Å². The van der Waals surface area contributed by atoms with Crippen LogP contribution in [0.3, 0.4) is 0 Å². The molecule has 0 aromatic carbocycles. The molecule has 0 aromatic rings. The minimum absolute atomic E-state index is 0.716. The maximum Gasteiger partial charge on any atom is 0.136 e. The third-order valence-corrected chi connectivity index (χ3v) is 2.08. The first-order valence-electron chi connectivity index (χ1n) is 4.25. The van der Waals surface area contributed by atoms with Crippen LogP contribution in [0.1, 0.15) is 26.2 Å². The summed E-state index contributed by atoms with van der Waals surface area (Å²) in [4.78, 5) is 0. The maximum atomic E-state index is 9.26. The molecule has 1 unspecified atom stereocenters. The summed E-state index contributed by atoms with van der Waals surface area (Å²) in [7, 11) is 0. The Hall–Kier alpha value is -1.00. The summed E-state index contributed by atoms with van der Waals surface area (Å²) in [5.41, 5.74) is 2.17. The molecule has 0 radical (unpaired) electrons. The van der Waals surface area contributed by atoms with Crippen molar-refractivity contribution in [3.63, 3.8) is 0 Å². The first-order chi connectivity index (χ1) is 5.74. The van der Waals surface area contributed by atoms with Gasteiger partial charge in [0.25, 0.3) is 0 Å². The lowest BCUT2D eigenvalue weighted by Gasteiger charge is -2.03. The molecule has 1 aliphatic carbocycles. The topological polar surface area (TPSA) is 20.2 Å². The molecule has 0 saturated heterocycles. The molecule has 0 heterocycles. The van der Waals surface area contributed by atoms with Crippen LogP contribution >= 0.6 is 0 Å². The molecular weight excluding hydrogens is 148 g/mol. The largest absolute Gasteiger partial charge is 0.376 e.